The smallest absolute Gasteiger partial charge is 0.145 e. The number of nitrogens with zero attached hydrogens (tertiary/aromatic N) is 4. The highest BCUT2D eigenvalue weighted by atomic mass is 16.3. The molecule has 1 aliphatic carbocycles. The molecule has 0 unspecified atom stereocenters. The lowest BCUT2D eigenvalue weighted by atomic mass is 9.88. The van der Waals surface area contributed by atoms with E-state index in [4.69, 9.17) is 9.97 Å². The van der Waals surface area contributed by atoms with Crippen LogP contribution in [-0.2, 0) is 12.8 Å². The molecule has 0 spiro atoms. The van der Waals surface area contributed by atoms with E-state index < -0.39 is 0 Å². The second kappa shape index (κ2) is 10.3. The summed E-state index contributed by atoms with van der Waals surface area (Å²) in [7, 11) is 0. The average molecular weight is 551 g/mol. The largest absolute Gasteiger partial charge is 0.507 e. The number of aromatic nitrogens is 4. The molecule has 0 saturated heterocycles. The highest BCUT2D eigenvalue weighted by molar-refractivity contribution is 5.95. The Bertz CT molecular complexity index is 1940. The highest BCUT2D eigenvalue weighted by Gasteiger charge is 2.25. The van der Waals surface area contributed by atoms with Gasteiger partial charge in [0.05, 0.1) is 17.1 Å². The number of imidazole rings is 1. The van der Waals surface area contributed by atoms with Gasteiger partial charge in [-0.15, -0.1) is 0 Å². The Balaban J connectivity index is 1.51. The minimum Gasteiger partial charge on any atom is -0.507 e. The third-order valence-corrected chi connectivity index (χ3v) is 8.48. The topological polar surface area (TPSA) is 63.8 Å². The molecule has 6 aromatic rings. The minimum atomic E-state index is 0.279. The molecule has 5 heteroatoms. The molecule has 7 rings (SSSR count). The molecule has 3 aromatic heterocycles. The first-order valence-electron chi connectivity index (χ1n) is 14.8. The van der Waals surface area contributed by atoms with E-state index in [0.717, 1.165) is 68.8 Å². The van der Waals surface area contributed by atoms with Gasteiger partial charge in [-0.05, 0) is 70.5 Å². The fourth-order valence-corrected chi connectivity index (χ4v) is 6.36. The van der Waals surface area contributed by atoms with Crippen LogP contribution < -0.4 is 0 Å². The lowest BCUT2D eigenvalue weighted by molar-refractivity contribution is 0.476. The Hall–Kier alpha value is -4.77. The molecule has 0 saturated carbocycles. The molecule has 0 atom stereocenters. The van der Waals surface area contributed by atoms with Crippen LogP contribution in [0.5, 0.6) is 5.75 Å². The van der Waals surface area contributed by atoms with Gasteiger partial charge in [-0.3, -0.25) is 9.55 Å². The number of hydrogen-bond acceptors (Lipinski definition) is 4. The van der Waals surface area contributed by atoms with Crippen LogP contribution >= 0.6 is 0 Å². The number of aryl methyl sites for hydroxylation is 2. The summed E-state index contributed by atoms with van der Waals surface area (Å²) in [4.78, 5) is 14.8. The van der Waals surface area contributed by atoms with Crippen molar-refractivity contribution in [1.29, 1.82) is 0 Å². The maximum absolute atomic E-state index is 10.8. The van der Waals surface area contributed by atoms with E-state index in [2.05, 4.69) is 104 Å². The summed E-state index contributed by atoms with van der Waals surface area (Å²) >= 11 is 0. The van der Waals surface area contributed by atoms with Crippen molar-refractivity contribution in [2.24, 2.45) is 0 Å². The van der Waals surface area contributed by atoms with Gasteiger partial charge in [-0.2, -0.15) is 0 Å². The molecule has 1 N–H and O–H groups in total. The van der Waals surface area contributed by atoms with Crippen LogP contribution in [0.25, 0.3) is 50.5 Å². The Labute approximate surface area is 246 Å². The number of phenolic OH excluding ortho intramolecular Hbond substituents is 1. The predicted octanol–water partition coefficient (Wildman–Crippen LogP) is 8.87. The summed E-state index contributed by atoms with van der Waals surface area (Å²) in [6.45, 7) is 9.00. The van der Waals surface area contributed by atoms with Crippen molar-refractivity contribution >= 4 is 10.8 Å². The van der Waals surface area contributed by atoms with E-state index in [9.17, 15) is 5.11 Å². The van der Waals surface area contributed by atoms with Crippen molar-refractivity contribution in [3.63, 3.8) is 0 Å². The zero-order valence-corrected chi connectivity index (χ0v) is 24.5. The maximum Gasteiger partial charge on any atom is 0.145 e. The van der Waals surface area contributed by atoms with Crippen molar-refractivity contribution in [1.82, 2.24) is 19.5 Å². The van der Waals surface area contributed by atoms with Crippen molar-refractivity contribution in [2.75, 3.05) is 0 Å². The number of fused-ring (bicyclic) bond motifs is 4. The number of rotatable bonds is 5. The molecule has 3 aromatic carbocycles. The lowest BCUT2D eigenvalue weighted by Crippen LogP contribution is -2.08. The van der Waals surface area contributed by atoms with E-state index in [-0.39, 0.29) is 5.75 Å². The molecule has 5 nitrogen and oxygen atoms in total. The second-order valence-corrected chi connectivity index (χ2v) is 11.8. The number of pyridine rings is 2. The fraction of sp³-hybridized carbons (Fsp3) is 0.216. The summed E-state index contributed by atoms with van der Waals surface area (Å²) in [5.41, 5.74) is 10.4. The van der Waals surface area contributed by atoms with E-state index in [1.54, 1.807) is 6.07 Å². The van der Waals surface area contributed by atoms with Crippen molar-refractivity contribution in [3.8, 4) is 45.5 Å². The number of hydrogen-bond donors (Lipinski definition) is 1. The molecular formula is C37H34N4O. The number of phenols is 1. The Morgan fingerprint density at radius 1 is 0.738 bits per heavy atom. The number of aromatic hydroxyl groups is 1. The molecule has 3 heterocycles. The molecule has 0 fully saturated rings. The van der Waals surface area contributed by atoms with Gasteiger partial charge in [0, 0.05) is 35.1 Å². The molecule has 0 aliphatic heterocycles. The molecule has 208 valence electrons. The molecule has 42 heavy (non-hydrogen) atoms. The van der Waals surface area contributed by atoms with Gasteiger partial charge in [-0.1, -0.05) is 82.3 Å². The van der Waals surface area contributed by atoms with Crippen LogP contribution in [0.1, 0.15) is 61.8 Å². The first kappa shape index (κ1) is 26.1. The summed E-state index contributed by atoms with van der Waals surface area (Å²) in [5.74, 6) is 1.81. The highest BCUT2D eigenvalue weighted by Crippen LogP contribution is 2.41. The average Bonchev–Trinajstić information content (AvgIpc) is 3.45. The standard InChI is InChI=1S/C37H34N4O/c1-22(2)27-10-7-11-28(23(3)4)36(27)41-21-32(40-37(41)30-12-5-9-26-20-38-19-18-29(26)30)31-17-16-25-15-14-24-8-6-13-33(42)34(24)35(25)39-31/h5-13,16-23,42H,14-15H2,1-4H3. The minimum absolute atomic E-state index is 0.279. The van der Waals surface area contributed by atoms with Crippen molar-refractivity contribution < 1.29 is 5.11 Å². The van der Waals surface area contributed by atoms with Crippen LogP contribution in [0.15, 0.2) is 91.4 Å². The van der Waals surface area contributed by atoms with Crippen LogP contribution in [0.2, 0.25) is 0 Å². The summed E-state index contributed by atoms with van der Waals surface area (Å²) < 4.78 is 2.28. The monoisotopic (exact) mass is 550 g/mol. The van der Waals surface area contributed by atoms with Gasteiger partial charge in [0.1, 0.15) is 17.3 Å². The molecule has 1 aliphatic rings. The first-order valence-corrected chi connectivity index (χ1v) is 14.8. The normalized spacial score (nSPS) is 12.6. The van der Waals surface area contributed by atoms with Gasteiger partial charge in [0.25, 0.3) is 0 Å². The van der Waals surface area contributed by atoms with Gasteiger partial charge < -0.3 is 5.11 Å². The van der Waals surface area contributed by atoms with Gasteiger partial charge in [0.15, 0.2) is 0 Å². The molecule has 0 bridgehead atoms. The zero-order valence-electron chi connectivity index (χ0n) is 24.5. The number of para-hydroxylation sites is 1. The second-order valence-electron chi connectivity index (χ2n) is 11.8. The van der Waals surface area contributed by atoms with E-state index in [1.165, 1.54) is 16.8 Å². The number of benzene rings is 3. The van der Waals surface area contributed by atoms with Gasteiger partial charge in [0.2, 0.25) is 0 Å². The van der Waals surface area contributed by atoms with Crippen LogP contribution in [0, 0.1) is 0 Å². The predicted molar refractivity (Wildman–Crippen MR) is 170 cm³/mol. The molecule has 0 amide bonds. The van der Waals surface area contributed by atoms with Crippen LogP contribution in [-0.4, -0.2) is 24.6 Å². The summed E-state index contributed by atoms with van der Waals surface area (Å²) in [6, 6.07) is 25.0. The Morgan fingerprint density at radius 2 is 1.48 bits per heavy atom. The van der Waals surface area contributed by atoms with Crippen LogP contribution in [0.4, 0.5) is 0 Å². The molecular weight excluding hydrogens is 516 g/mol. The van der Waals surface area contributed by atoms with Crippen LogP contribution in [0.3, 0.4) is 0 Å². The third-order valence-electron chi connectivity index (χ3n) is 8.48. The van der Waals surface area contributed by atoms with Crippen molar-refractivity contribution in [3.05, 3.63) is 114 Å². The quantitative estimate of drug-likeness (QED) is 0.233. The fourth-order valence-electron chi connectivity index (χ4n) is 6.36. The van der Waals surface area contributed by atoms with Crippen molar-refractivity contribution in [2.45, 2.75) is 52.4 Å². The Kier molecular flexibility index (Phi) is 6.38. The third kappa shape index (κ3) is 4.28. The first-order chi connectivity index (χ1) is 20.4. The summed E-state index contributed by atoms with van der Waals surface area (Å²) in [5, 5.41) is 13.0. The SMILES string of the molecule is CC(C)c1cccc(C(C)C)c1-n1cc(-c2ccc3c(n2)-c2c(O)cccc2CC3)nc1-c1cccc2cnccc12. The zero-order chi connectivity index (χ0) is 29.0. The Morgan fingerprint density at radius 3 is 2.26 bits per heavy atom. The van der Waals surface area contributed by atoms with Gasteiger partial charge in [-0.25, -0.2) is 9.97 Å². The van der Waals surface area contributed by atoms with Gasteiger partial charge >= 0.3 is 0 Å². The summed E-state index contributed by atoms with van der Waals surface area (Å²) in [6.07, 6.45) is 7.70. The van der Waals surface area contributed by atoms with E-state index >= 15 is 0 Å². The lowest BCUT2D eigenvalue weighted by Gasteiger charge is -2.22. The van der Waals surface area contributed by atoms with E-state index in [1.807, 2.05) is 18.5 Å². The van der Waals surface area contributed by atoms with E-state index in [0.29, 0.717) is 11.8 Å². The molecule has 0 radical (unpaired) electrons. The maximum atomic E-state index is 10.8.